The molecule has 6 aliphatic rings. The molecule has 4 heterocycles. The third kappa shape index (κ3) is 3.72. The molecule has 54 heavy (non-hydrogen) atoms. The Kier molecular flexibility index (Phi) is 6.50. The summed E-state index contributed by atoms with van der Waals surface area (Å²) in [4.78, 5) is 8.41. The molecular weight excluding hydrogens is 653 g/mol. The minimum Gasteiger partial charge on any atom is -0.335 e. The third-order valence-electron chi connectivity index (χ3n) is 16.3. The van der Waals surface area contributed by atoms with Gasteiger partial charge in [-0.25, -0.2) is 0 Å². The average Bonchev–Trinajstić information content (AvgIpc) is 3.50. The number of para-hydroxylation sites is 2. The summed E-state index contributed by atoms with van der Waals surface area (Å²) in [7, 11) is 0. The Morgan fingerprint density at radius 3 is 1.85 bits per heavy atom. The average molecular weight is 708 g/mol. The molecule has 3 nitrogen and oxygen atoms in total. The summed E-state index contributed by atoms with van der Waals surface area (Å²) in [5.41, 5.74) is 23.1. The highest BCUT2D eigenvalue weighted by Crippen LogP contribution is 2.65. The standard InChI is InChI=1S/C50H54BN3/c1-31-26-32(2)42-39(27-31)53(49(7)24-16-14-22-47(42,49)5)36-29-40-45-41(30-36)54-46-43(48(6)23-15-17-25-50(48,54)8)33(3)28-34(4)44(46)51(45)37-20-12-13-21-38(37)52(40)35-18-10-9-11-19-35/h9-13,18-21,26-30H,14-17,22-25H2,1-8H3. The lowest BCUT2D eigenvalue weighted by molar-refractivity contribution is 0.193. The summed E-state index contributed by atoms with van der Waals surface area (Å²) in [6, 6.07) is 33.3. The quantitative estimate of drug-likeness (QED) is 0.166. The summed E-state index contributed by atoms with van der Waals surface area (Å²) in [6.07, 6.45) is 10.0. The summed E-state index contributed by atoms with van der Waals surface area (Å²) in [5.74, 6) is 0. The van der Waals surface area contributed by atoms with Gasteiger partial charge in [0, 0.05) is 50.6 Å². The zero-order valence-corrected chi connectivity index (χ0v) is 33.7. The minimum absolute atomic E-state index is 0.0217. The second kappa shape index (κ2) is 10.7. The predicted molar refractivity (Wildman–Crippen MR) is 230 cm³/mol. The number of anilines is 7. The molecule has 0 amide bonds. The molecule has 11 rings (SSSR count). The maximum atomic E-state index is 2.94. The van der Waals surface area contributed by atoms with E-state index >= 15 is 0 Å². The first-order chi connectivity index (χ1) is 25.9. The Morgan fingerprint density at radius 2 is 1.11 bits per heavy atom. The van der Waals surface area contributed by atoms with Gasteiger partial charge in [0.2, 0.25) is 0 Å². The van der Waals surface area contributed by atoms with E-state index in [4.69, 9.17) is 0 Å². The first-order valence-electron chi connectivity index (χ1n) is 20.9. The van der Waals surface area contributed by atoms with Crippen LogP contribution in [-0.2, 0) is 10.8 Å². The van der Waals surface area contributed by atoms with Crippen molar-refractivity contribution in [1.29, 1.82) is 0 Å². The van der Waals surface area contributed by atoms with Gasteiger partial charge in [-0.1, -0.05) is 93.6 Å². The molecular formula is C50H54BN3. The highest BCUT2D eigenvalue weighted by atomic mass is 15.3. The van der Waals surface area contributed by atoms with Crippen molar-refractivity contribution >= 4 is 62.9 Å². The third-order valence-corrected chi connectivity index (χ3v) is 16.3. The molecule has 5 aromatic rings. The fourth-order valence-electron chi connectivity index (χ4n) is 13.7. The molecule has 0 radical (unpaired) electrons. The van der Waals surface area contributed by atoms with E-state index in [9.17, 15) is 0 Å². The van der Waals surface area contributed by atoms with Crippen LogP contribution in [0.15, 0.2) is 84.9 Å². The molecule has 0 spiro atoms. The van der Waals surface area contributed by atoms with Crippen LogP contribution in [0.1, 0.15) is 112 Å². The first kappa shape index (κ1) is 32.9. The Balaban J connectivity index is 1.29. The van der Waals surface area contributed by atoms with Gasteiger partial charge < -0.3 is 14.7 Å². The Morgan fingerprint density at radius 1 is 0.500 bits per heavy atom. The van der Waals surface area contributed by atoms with Gasteiger partial charge in [0.05, 0.1) is 11.1 Å². The van der Waals surface area contributed by atoms with Crippen molar-refractivity contribution in [3.05, 3.63) is 118 Å². The van der Waals surface area contributed by atoms with Crippen LogP contribution in [0.4, 0.5) is 39.8 Å². The van der Waals surface area contributed by atoms with Crippen molar-refractivity contribution in [2.45, 2.75) is 129 Å². The number of benzene rings is 5. The number of hydrogen-bond donors (Lipinski definition) is 0. The van der Waals surface area contributed by atoms with Crippen LogP contribution >= 0.6 is 0 Å². The Labute approximate surface area is 323 Å². The zero-order valence-electron chi connectivity index (χ0n) is 33.7. The highest BCUT2D eigenvalue weighted by Gasteiger charge is 2.63. The monoisotopic (exact) mass is 707 g/mol. The predicted octanol–water partition coefficient (Wildman–Crippen LogP) is 11.0. The van der Waals surface area contributed by atoms with Crippen LogP contribution in [0.3, 0.4) is 0 Å². The van der Waals surface area contributed by atoms with E-state index in [2.05, 4.69) is 155 Å². The summed E-state index contributed by atoms with van der Waals surface area (Å²) >= 11 is 0. The molecule has 2 aliphatic carbocycles. The van der Waals surface area contributed by atoms with Crippen LogP contribution in [-0.4, -0.2) is 17.8 Å². The molecule has 4 unspecified atom stereocenters. The van der Waals surface area contributed by atoms with Gasteiger partial charge in [-0.3, -0.25) is 0 Å². The number of aryl methyl sites for hydroxylation is 4. The van der Waals surface area contributed by atoms with Crippen LogP contribution in [0, 0.1) is 27.7 Å². The molecule has 2 saturated carbocycles. The first-order valence-corrected chi connectivity index (χ1v) is 20.9. The van der Waals surface area contributed by atoms with E-state index in [0.717, 1.165) is 0 Å². The number of rotatable bonds is 2. The smallest absolute Gasteiger partial charge is 0.252 e. The lowest BCUT2D eigenvalue weighted by Gasteiger charge is -2.54. The van der Waals surface area contributed by atoms with Gasteiger partial charge in [-0.05, 0) is 148 Å². The zero-order chi connectivity index (χ0) is 37.1. The van der Waals surface area contributed by atoms with Crippen molar-refractivity contribution in [3.63, 3.8) is 0 Å². The Hall–Kier alpha value is -4.44. The van der Waals surface area contributed by atoms with Gasteiger partial charge in [-0.15, -0.1) is 0 Å². The van der Waals surface area contributed by atoms with Crippen molar-refractivity contribution in [1.82, 2.24) is 0 Å². The van der Waals surface area contributed by atoms with Gasteiger partial charge in [0.15, 0.2) is 0 Å². The Bertz CT molecular complexity index is 2450. The van der Waals surface area contributed by atoms with E-state index in [0.29, 0.717) is 0 Å². The van der Waals surface area contributed by atoms with Crippen LogP contribution < -0.4 is 31.1 Å². The second-order valence-corrected chi connectivity index (χ2v) is 19.0. The van der Waals surface area contributed by atoms with Crippen LogP contribution in [0.5, 0.6) is 0 Å². The largest absolute Gasteiger partial charge is 0.335 e. The maximum absolute atomic E-state index is 2.94. The molecule has 0 saturated heterocycles. The van der Waals surface area contributed by atoms with E-state index < -0.39 is 0 Å². The van der Waals surface area contributed by atoms with E-state index in [1.807, 2.05) is 0 Å². The molecule has 0 aromatic heterocycles. The minimum atomic E-state index is -0.0319. The van der Waals surface area contributed by atoms with Crippen LogP contribution in [0.2, 0.25) is 0 Å². The molecule has 0 N–H and O–H groups in total. The van der Waals surface area contributed by atoms with Gasteiger partial charge in [-0.2, -0.15) is 0 Å². The molecule has 0 bridgehead atoms. The molecule has 4 aliphatic heterocycles. The fraction of sp³-hybridized carbons (Fsp3) is 0.400. The van der Waals surface area contributed by atoms with Gasteiger partial charge in [0.25, 0.3) is 6.71 Å². The van der Waals surface area contributed by atoms with E-state index in [1.165, 1.54) is 124 Å². The number of nitrogens with zero attached hydrogens (tertiary/aromatic N) is 3. The van der Waals surface area contributed by atoms with Gasteiger partial charge in [0.1, 0.15) is 0 Å². The summed E-state index contributed by atoms with van der Waals surface area (Å²) in [5, 5.41) is 0. The molecule has 4 atom stereocenters. The second-order valence-electron chi connectivity index (χ2n) is 19.0. The van der Waals surface area contributed by atoms with E-state index in [1.54, 1.807) is 16.6 Å². The normalized spacial score (nSPS) is 28.3. The van der Waals surface area contributed by atoms with Crippen molar-refractivity contribution in [2.75, 3.05) is 14.7 Å². The fourth-order valence-corrected chi connectivity index (χ4v) is 13.7. The topological polar surface area (TPSA) is 9.72 Å². The van der Waals surface area contributed by atoms with Gasteiger partial charge >= 0.3 is 0 Å². The molecule has 5 aromatic carbocycles. The lowest BCUT2D eigenvalue weighted by Crippen LogP contribution is -2.65. The molecule has 272 valence electrons. The van der Waals surface area contributed by atoms with Crippen molar-refractivity contribution < 1.29 is 0 Å². The van der Waals surface area contributed by atoms with Crippen molar-refractivity contribution in [2.24, 2.45) is 0 Å². The van der Waals surface area contributed by atoms with Crippen LogP contribution in [0.25, 0.3) is 0 Å². The number of fused-ring (bicyclic) bond motifs is 10. The number of hydrogen-bond acceptors (Lipinski definition) is 3. The molecule has 4 heteroatoms. The van der Waals surface area contributed by atoms with Crippen molar-refractivity contribution in [3.8, 4) is 0 Å². The SMILES string of the molecule is Cc1cc(C)c2c(c1)N(c1cc3c4c(c1)N1c5c(c(C)cc(C)c5C5(C)CCCCC15C)B4c1ccccc1N3c1ccccc1)C1(C)CCCCC21C. The summed E-state index contributed by atoms with van der Waals surface area (Å²) < 4.78 is 0. The lowest BCUT2D eigenvalue weighted by atomic mass is 9.32. The van der Waals surface area contributed by atoms with E-state index in [-0.39, 0.29) is 28.6 Å². The summed E-state index contributed by atoms with van der Waals surface area (Å²) in [6.45, 7) is 20.1. The molecule has 2 fully saturated rings. The maximum Gasteiger partial charge on any atom is 0.252 e. The highest BCUT2D eigenvalue weighted by molar-refractivity contribution is 7.00.